The van der Waals surface area contributed by atoms with Gasteiger partial charge >= 0.3 is 18.2 Å². The van der Waals surface area contributed by atoms with Crippen molar-refractivity contribution in [3.63, 3.8) is 0 Å². The normalized spacial score (nSPS) is 15.3. The van der Waals surface area contributed by atoms with Gasteiger partial charge in [0.1, 0.15) is 24.3 Å². The minimum Gasteiger partial charge on any atom is -0.490 e. The maximum atomic E-state index is 13.0. The van der Waals surface area contributed by atoms with E-state index in [0.29, 0.717) is 38.5 Å². The number of carboxylic acid groups (broad SMARTS) is 1. The molecule has 0 bridgehead atoms. The lowest BCUT2D eigenvalue weighted by atomic mass is 10.2. The van der Waals surface area contributed by atoms with Crippen LogP contribution in [0.25, 0.3) is 0 Å². The van der Waals surface area contributed by atoms with Gasteiger partial charge in [0.05, 0.1) is 36.1 Å². The topological polar surface area (TPSA) is 106 Å². The van der Waals surface area contributed by atoms with Crippen LogP contribution >= 0.6 is 15.9 Å². The second kappa shape index (κ2) is 13.2. The van der Waals surface area contributed by atoms with Gasteiger partial charge < -0.3 is 24.8 Å². The molecule has 2 aromatic carbocycles. The van der Waals surface area contributed by atoms with E-state index in [1.807, 2.05) is 24.3 Å². The van der Waals surface area contributed by atoms with Crippen molar-refractivity contribution in [3.8, 4) is 5.75 Å². The number of amides is 2. The highest BCUT2D eigenvalue weighted by Gasteiger charge is 2.38. The molecule has 0 aliphatic carbocycles. The second-order valence-electron chi connectivity index (χ2n) is 7.97. The number of ether oxygens (including phenoxy) is 2. The quantitative estimate of drug-likeness (QED) is 0.393. The molecule has 38 heavy (non-hydrogen) atoms. The number of para-hydroxylation sites is 1. The van der Waals surface area contributed by atoms with E-state index in [1.165, 1.54) is 12.1 Å². The van der Waals surface area contributed by atoms with E-state index in [-0.39, 0.29) is 18.0 Å². The third-order valence-corrected chi connectivity index (χ3v) is 5.73. The Morgan fingerprint density at radius 1 is 1.18 bits per heavy atom. The molecule has 0 radical (unpaired) electrons. The predicted molar refractivity (Wildman–Crippen MR) is 131 cm³/mol. The van der Waals surface area contributed by atoms with Crippen molar-refractivity contribution in [3.05, 3.63) is 76.8 Å². The van der Waals surface area contributed by atoms with Crippen LogP contribution in [0.15, 0.2) is 65.4 Å². The smallest absolute Gasteiger partial charge is 0.490 e. The molecule has 1 unspecified atom stereocenters. The third kappa shape index (κ3) is 9.03. The summed E-state index contributed by atoms with van der Waals surface area (Å²) in [6.45, 7) is 2.21. The minimum atomic E-state index is -5.08. The maximum Gasteiger partial charge on any atom is 0.490 e. The van der Waals surface area contributed by atoms with Crippen LogP contribution in [0.3, 0.4) is 0 Å². The highest BCUT2D eigenvalue weighted by molar-refractivity contribution is 9.10. The van der Waals surface area contributed by atoms with Gasteiger partial charge in [-0.3, -0.25) is 4.68 Å². The first-order chi connectivity index (χ1) is 18.0. The zero-order valence-electron chi connectivity index (χ0n) is 19.7. The largest absolute Gasteiger partial charge is 0.490 e. The number of morpholine rings is 1. The molecular weight excluding hydrogens is 580 g/mol. The molecule has 1 saturated heterocycles. The molecule has 14 heteroatoms. The van der Waals surface area contributed by atoms with Crippen molar-refractivity contribution < 1.29 is 41.7 Å². The van der Waals surface area contributed by atoms with Crippen molar-refractivity contribution >= 4 is 33.6 Å². The number of benzene rings is 2. The Hall–Kier alpha value is -3.65. The summed E-state index contributed by atoms with van der Waals surface area (Å²) in [7, 11) is 0. The van der Waals surface area contributed by atoms with Crippen LogP contribution < -0.4 is 10.1 Å². The van der Waals surface area contributed by atoms with Crippen LogP contribution in [0.5, 0.6) is 5.75 Å². The number of aliphatic carboxylic acids is 1. The summed E-state index contributed by atoms with van der Waals surface area (Å²) in [6.07, 6.45) is -1.96. The first-order valence-electron chi connectivity index (χ1n) is 11.1. The molecule has 3 aromatic rings. The van der Waals surface area contributed by atoms with Gasteiger partial charge in [-0.2, -0.15) is 18.3 Å². The second-order valence-corrected chi connectivity index (χ2v) is 8.82. The van der Waals surface area contributed by atoms with Gasteiger partial charge in [-0.05, 0) is 45.8 Å². The number of aromatic nitrogens is 2. The summed E-state index contributed by atoms with van der Waals surface area (Å²) in [5, 5.41) is 14.3. The lowest BCUT2D eigenvalue weighted by Gasteiger charge is -2.32. The molecule has 1 atom stereocenters. The standard InChI is InChI=1S/C22H22BrFN4O3.C2HF3O2/c23-20-3-1-2-4-21(20)31-15-19-14-27(9-10-30-19)22(29)26-18-11-25-28(13-18)12-16-5-7-17(24)8-6-16;3-2(4,5)1(6)7/h1-8,11,13,19H,9-10,12,14-15H2,(H,26,29);(H,6,7). The number of alkyl halides is 3. The summed E-state index contributed by atoms with van der Waals surface area (Å²) in [4.78, 5) is 23.3. The first-order valence-corrected chi connectivity index (χ1v) is 11.9. The number of hydrogen-bond acceptors (Lipinski definition) is 5. The van der Waals surface area contributed by atoms with E-state index in [1.54, 1.807) is 34.1 Å². The molecule has 204 valence electrons. The van der Waals surface area contributed by atoms with E-state index in [9.17, 15) is 22.4 Å². The van der Waals surface area contributed by atoms with Gasteiger partial charge in [0.2, 0.25) is 0 Å². The van der Waals surface area contributed by atoms with Crippen LogP contribution in [-0.4, -0.2) is 70.4 Å². The average molecular weight is 603 g/mol. The van der Waals surface area contributed by atoms with E-state index in [2.05, 4.69) is 26.3 Å². The number of urea groups is 1. The molecule has 2 N–H and O–H groups in total. The number of carbonyl (C=O) groups is 2. The Labute approximate surface area is 223 Å². The summed E-state index contributed by atoms with van der Waals surface area (Å²) in [5.74, 6) is -2.29. The minimum absolute atomic E-state index is 0.212. The van der Waals surface area contributed by atoms with Gasteiger partial charge in [0.25, 0.3) is 0 Å². The number of nitrogens with one attached hydrogen (secondary N) is 1. The SMILES string of the molecule is O=C(Nc1cnn(Cc2ccc(F)cc2)c1)N1CCOC(COc2ccccc2Br)C1.O=C(O)C(F)(F)F. The molecule has 0 spiro atoms. The van der Waals surface area contributed by atoms with E-state index >= 15 is 0 Å². The van der Waals surface area contributed by atoms with Crippen molar-refractivity contribution in [2.24, 2.45) is 0 Å². The summed E-state index contributed by atoms with van der Waals surface area (Å²) >= 11 is 3.45. The Morgan fingerprint density at radius 3 is 2.53 bits per heavy atom. The van der Waals surface area contributed by atoms with E-state index in [4.69, 9.17) is 19.4 Å². The summed E-state index contributed by atoms with van der Waals surface area (Å²) in [6, 6.07) is 13.6. The predicted octanol–water partition coefficient (Wildman–Crippen LogP) is 4.78. The molecule has 1 aromatic heterocycles. The molecule has 1 fully saturated rings. The summed E-state index contributed by atoms with van der Waals surface area (Å²) < 4.78 is 58.9. The molecule has 1 aliphatic heterocycles. The molecule has 9 nitrogen and oxygen atoms in total. The van der Waals surface area contributed by atoms with Crippen LogP contribution in [0.2, 0.25) is 0 Å². The molecule has 0 saturated carbocycles. The van der Waals surface area contributed by atoms with Gasteiger partial charge in [-0.25, -0.2) is 14.0 Å². The first kappa shape index (κ1) is 28.9. The molecule has 1 aliphatic rings. The van der Waals surface area contributed by atoms with Crippen LogP contribution in [0, 0.1) is 5.82 Å². The van der Waals surface area contributed by atoms with Crippen molar-refractivity contribution in [1.29, 1.82) is 0 Å². The highest BCUT2D eigenvalue weighted by Crippen LogP contribution is 2.24. The molecule has 2 amide bonds. The molecule has 2 heterocycles. The Kier molecular flexibility index (Phi) is 10.1. The molecule has 4 rings (SSSR count). The monoisotopic (exact) mass is 602 g/mol. The van der Waals surface area contributed by atoms with Gasteiger partial charge in [0, 0.05) is 12.7 Å². The van der Waals surface area contributed by atoms with Gasteiger partial charge in [-0.1, -0.05) is 24.3 Å². The number of halogens is 5. The summed E-state index contributed by atoms with van der Waals surface area (Å²) in [5.41, 5.74) is 1.52. The van der Waals surface area contributed by atoms with E-state index < -0.39 is 12.1 Å². The average Bonchev–Trinajstić information content (AvgIpc) is 3.31. The molecular formula is C24H23BrF4N4O5. The van der Waals surface area contributed by atoms with Crippen molar-refractivity contribution in [2.75, 3.05) is 31.6 Å². The zero-order valence-corrected chi connectivity index (χ0v) is 21.3. The van der Waals surface area contributed by atoms with Crippen molar-refractivity contribution in [1.82, 2.24) is 14.7 Å². The fraction of sp³-hybridized carbons (Fsp3) is 0.292. The third-order valence-electron chi connectivity index (χ3n) is 5.07. The number of anilines is 1. The number of hydrogen-bond donors (Lipinski definition) is 2. The Morgan fingerprint density at radius 2 is 1.87 bits per heavy atom. The van der Waals surface area contributed by atoms with Crippen LogP contribution in [0.4, 0.5) is 28.0 Å². The van der Waals surface area contributed by atoms with Crippen LogP contribution in [-0.2, 0) is 16.1 Å². The highest BCUT2D eigenvalue weighted by atomic mass is 79.9. The fourth-order valence-corrected chi connectivity index (χ4v) is 3.64. The lowest BCUT2D eigenvalue weighted by molar-refractivity contribution is -0.192. The van der Waals surface area contributed by atoms with Gasteiger partial charge in [-0.15, -0.1) is 0 Å². The van der Waals surface area contributed by atoms with Gasteiger partial charge in [0.15, 0.2) is 0 Å². The Balaban J connectivity index is 0.000000505. The van der Waals surface area contributed by atoms with E-state index in [0.717, 1.165) is 15.8 Å². The number of carbonyl (C=O) groups excluding carboxylic acids is 1. The van der Waals surface area contributed by atoms with Crippen LogP contribution in [0.1, 0.15) is 5.56 Å². The fourth-order valence-electron chi connectivity index (χ4n) is 3.24. The Bertz CT molecular complexity index is 1220. The lowest BCUT2D eigenvalue weighted by Crippen LogP contribution is -2.49. The zero-order chi connectivity index (χ0) is 27.7. The number of rotatable bonds is 6. The van der Waals surface area contributed by atoms with Crippen molar-refractivity contribution in [2.45, 2.75) is 18.8 Å². The maximum absolute atomic E-state index is 13.0. The number of nitrogens with zero attached hydrogens (tertiary/aromatic N) is 3. The number of carboxylic acids is 1.